The van der Waals surface area contributed by atoms with Crippen LogP contribution in [0.2, 0.25) is 0 Å². The zero-order valence-corrected chi connectivity index (χ0v) is 11.0. The van der Waals surface area contributed by atoms with Crippen LogP contribution in [0.4, 0.5) is 0 Å². The van der Waals surface area contributed by atoms with Crippen molar-refractivity contribution in [3.05, 3.63) is 53.4 Å². The van der Waals surface area contributed by atoms with Crippen molar-refractivity contribution in [1.29, 1.82) is 0 Å². The molecule has 2 aromatic rings. The van der Waals surface area contributed by atoms with Gasteiger partial charge in [-0.2, -0.15) is 0 Å². The average Bonchev–Trinajstić information content (AvgIpc) is 2.89. The molecule has 0 aliphatic heterocycles. The van der Waals surface area contributed by atoms with Gasteiger partial charge < -0.3 is 10.3 Å². The summed E-state index contributed by atoms with van der Waals surface area (Å²) in [6, 6.07) is 12.2. The van der Waals surface area contributed by atoms with Gasteiger partial charge in [-0.25, -0.2) is 0 Å². The Bertz CT molecular complexity index is 478. The number of nitrogens with zero attached hydrogens (tertiary/aromatic N) is 1. The van der Waals surface area contributed by atoms with Crippen molar-refractivity contribution in [2.75, 3.05) is 0 Å². The molecule has 18 heavy (non-hydrogen) atoms. The lowest BCUT2D eigenvalue weighted by molar-refractivity contribution is 0.349. The quantitative estimate of drug-likeness (QED) is 0.873. The van der Waals surface area contributed by atoms with Crippen molar-refractivity contribution in [1.82, 2.24) is 5.16 Å². The number of hydrogen-bond donors (Lipinski definition) is 1. The van der Waals surface area contributed by atoms with E-state index < -0.39 is 0 Å². The minimum atomic E-state index is -0.0424. The molecule has 2 rings (SSSR count). The molecule has 0 aliphatic carbocycles. The van der Waals surface area contributed by atoms with Crippen LogP contribution in [0.5, 0.6) is 0 Å². The molecule has 0 amide bonds. The average molecular weight is 244 g/mol. The highest BCUT2D eigenvalue weighted by atomic mass is 16.5. The molecule has 0 spiro atoms. The van der Waals surface area contributed by atoms with Crippen molar-refractivity contribution in [3.8, 4) is 0 Å². The van der Waals surface area contributed by atoms with Crippen molar-refractivity contribution in [2.24, 2.45) is 5.73 Å². The summed E-state index contributed by atoms with van der Waals surface area (Å²) in [5.74, 6) is 1.02. The maximum atomic E-state index is 6.02. The first-order valence-corrected chi connectivity index (χ1v) is 6.49. The van der Waals surface area contributed by atoms with E-state index in [1.807, 2.05) is 24.3 Å². The Labute approximate surface area is 108 Å². The Hall–Kier alpha value is -1.61. The Kier molecular flexibility index (Phi) is 4.15. The van der Waals surface area contributed by atoms with E-state index in [9.17, 15) is 0 Å². The number of hydrogen-bond acceptors (Lipinski definition) is 3. The smallest absolute Gasteiger partial charge is 0.153 e. The summed E-state index contributed by atoms with van der Waals surface area (Å²) in [6.45, 7) is 4.24. The van der Waals surface area contributed by atoms with Crippen molar-refractivity contribution < 1.29 is 4.52 Å². The first-order valence-electron chi connectivity index (χ1n) is 6.49. The SMILES string of the molecule is CCCC(N)c1cc(C(C)c2ccccc2)no1. The standard InChI is InChI=1S/C15H20N2O/c1-3-7-13(16)15-10-14(17-18-15)11(2)12-8-5-4-6-9-12/h4-6,8-11,13H,3,7,16H2,1-2H3. The molecular weight excluding hydrogens is 224 g/mol. The summed E-state index contributed by atoms with van der Waals surface area (Å²) in [6.07, 6.45) is 1.97. The first kappa shape index (κ1) is 12.8. The molecule has 2 N–H and O–H groups in total. The summed E-state index contributed by atoms with van der Waals surface area (Å²) in [5.41, 5.74) is 8.21. The van der Waals surface area contributed by atoms with E-state index in [2.05, 4.69) is 31.1 Å². The molecular formula is C15H20N2O. The number of aromatic nitrogens is 1. The minimum Gasteiger partial charge on any atom is -0.359 e. The lowest BCUT2D eigenvalue weighted by Gasteiger charge is -2.07. The molecule has 96 valence electrons. The monoisotopic (exact) mass is 244 g/mol. The predicted octanol–water partition coefficient (Wildman–Crippen LogP) is 3.63. The third-order valence-corrected chi connectivity index (χ3v) is 3.25. The molecule has 0 radical (unpaired) electrons. The van der Waals surface area contributed by atoms with Crippen LogP contribution in [-0.4, -0.2) is 5.16 Å². The molecule has 2 atom stereocenters. The lowest BCUT2D eigenvalue weighted by Crippen LogP contribution is -2.08. The van der Waals surface area contributed by atoms with Crippen LogP contribution in [0.25, 0.3) is 0 Å². The summed E-state index contributed by atoms with van der Waals surface area (Å²) < 4.78 is 5.35. The fraction of sp³-hybridized carbons (Fsp3) is 0.400. The number of rotatable bonds is 5. The molecule has 1 aromatic heterocycles. The van der Waals surface area contributed by atoms with Gasteiger partial charge in [0, 0.05) is 12.0 Å². The lowest BCUT2D eigenvalue weighted by atomic mass is 9.97. The van der Waals surface area contributed by atoms with E-state index in [-0.39, 0.29) is 12.0 Å². The van der Waals surface area contributed by atoms with Crippen LogP contribution < -0.4 is 5.73 Å². The van der Waals surface area contributed by atoms with Gasteiger partial charge in [0.1, 0.15) is 0 Å². The number of nitrogens with two attached hydrogens (primary N) is 1. The third-order valence-electron chi connectivity index (χ3n) is 3.25. The highest BCUT2D eigenvalue weighted by molar-refractivity contribution is 5.27. The van der Waals surface area contributed by atoms with Gasteiger partial charge in [0.25, 0.3) is 0 Å². The fourth-order valence-electron chi connectivity index (χ4n) is 2.05. The normalized spacial score (nSPS) is 14.4. The molecule has 0 bridgehead atoms. The molecule has 2 unspecified atom stereocenters. The Morgan fingerprint density at radius 3 is 2.67 bits per heavy atom. The van der Waals surface area contributed by atoms with Crippen LogP contribution in [0, 0.1) is 0 Å². The summed E-state index contributed by atoms with van der Waals surface area (Å²) in [4.78, 5) is 0. The molecule has 3 nitrogen and oxygen atoms in total. The Morgan fingerprint density at radius 2 is 2.00 bits per heavy atom. The summed E-state index contributed by atoms with van der Waals surface area (Å²) >= 11 is 0. The second kappa shape index (κ2) is 5.83. The zero-order valence-electron chi connectivity index (χ0n) is 11.0. The van der Waals surface area contributed by atoms with Crippen molar-refractivity contribution in [3.63, 3.8) is 0 Å². The fourth-order valence-corrected chi connectivity index (χ4v) is 2.05. The molecule has 0 aliphatic rings. The van der Waals surface area contributed by atoms with Gasteiger partial charge in [-0.15, -0.1) is 0 Å². The van der Waals surface area contributed by atoms with Crippen LogP contribution in [0.3, 0.4) is 0 Å². The van der Waals surface area contributed by atoms with E-state index in [0.717, 1.165) is 24.3 Å². The van der Waals surface area contributed by atoms with E-state index >= 15 is 0 Å². The Balaban J connectivity index is 2.15. The van der Waals surface area contributed by atoms with Gasteiger partial charge in [0.2, 0.25) is 0 Å². The van der Waals surface area contributed by atoms with Crippen LogP contribution >= 0.6 is 0 Å². The van der Waals surface area contributed by atoms with E-state index in [0.29, 0.717) is 0 Å². The van der Waals surface area contributed by atoms with Gasteiger partial charge in [-0.1, -0.05) is 55.8 Å². The molecule has 0 saturated carbocycles. The molecule has 0 saturated heterocycles. The first-order chi connectivity index (χ1) is 8.72. The third kappa shape index (κ3) is 2.79. The van der Waals surface area contributed by atoms with Crippen molar-refractivity contribution in [2.45, 2.75) is 38.6 Å². The number of benzene rings is 1. The molecule has 1 aromatic carbocycles. The maximum Gasteiger partial charge on any atom is 0.153 e. The van der Waals surface area contributed by atoms with Gasteiger partial charge in [0.15, 0.2) is 5.76 Å². The maximum absolute atomic E-state index is 6.02. The predicted molar refractivity (Wildman–Crippen MR) is 72.3 cm³/mol. The minimum absolute atomic E-state index is 0.0424. The van der Waals surface area contributed by atoms with Gasteiger partial charge >= 0.3 is 0 Å². The van der Waals surface area contributed by atoms with E-state index in [4.69, 9.17) is 10.3 Å². The largest absolute Gasteiger partial charge is 0.359 e. The van der Waals surface area contributed by atoms with Gasteiger partial charge in [-0.3, -0.25) is 0 Å². The van der Waals surface area contributed by atoms with E-state index in [1.54, 1.807) is 0 Å². The topological polar surface area (TPSA) is 52.0 Å². The van der Waals surface area contributed by atoms with E-state index in [1.165, 1.54) is 5.56 Å². The second-order valence-electron chi connectivity index (χ2n) is 4.68. The second-order valence-corrected chi connectivity index (χ2v) is 4.68. The van der Waals surface area contributed by atoms with Gasteiger partial charge in [-0.05, 0) is 12.0 Å². The highest BCUT2D eigenvalue weighted by Gasteiger charge is 2.16. The van der Waals surface area contributed by atoms with Crippen LogP contribution in [-0.2, 0) is 0 Å². The molecule has 1 heterocycles. The van der Waals surface area contributed by atoms with Crippen molar-refractivity contribution >= 4 is 0 Å². The summed E-state index contributed by atoms with van der Waals surface area (Å²) in [5, 5.41) is 4.14. The summed E-state index contributed by atoms with van der Waals surface area (Å²) in [7, 11) is 0. The van der Waals surface area contributed by atoms with Gasteiger partial charge in [0.05, 0.1) is 11.7 Å². The van der Waals surface area contributed by atoms with Crippen LogP contribution in [0.15, 0.2) is 40.9 Å². The highest BCUT2D eigenvalue weighted by Crippen LogP contribution is 2.25. The Morgan fingerprint density at radius 1 is 1.28 bits per heavy atom. The van der Waals surface area contributed by atoms with Crippen LogP contribution in [0.1, 0.15) is 55.7 Å². The molecule has 0 fully saturated rings. The zero-order chi connectivity index (χ0) is 13.0. The molecule has 3 heteroatoms.